The first-order valence-electron chi connectivity index (χ1n) is 8.40. The number of phenols is 1. The number of nitrogens with two attached hydrogens (primary N) is 1. The quantitative estimate of drug-likeness (QED) is 0.164. The third-order valence-corrected chi connectivity index (χ3v) is 4.25. The summed E-state index contributed by atoms with van der Waals surface area (Å²) < 4.78 is 5.62. The molecular weight excluding hydrogens is 453 g/mol. The first-order valence-corrected chi connectivity index (χ1v) is 8.78. The van der Waals surface area contributed by atoms with E-state index >= 15 is 0 Å². The van der Waals surface area contributed by atoms with Gasteiger partial charge in [0, 0.05) is 18.2 Å². The zero-order chi connectivity index (χ0) is 22.7. The zero-order valence-corrected chi connectivity index (χ0v) is 19.2. The van der Waals surface area contributed by atoms with Crippen LogP contribution in [0.15, 0.2) is 58.8 Å². The summed E-state index contributed by atoms with van der Waals surface area (Å²) in [6, 6.07) is 10.1. The molecule has 3 rings (SSSR count). The van der Waals surface area contributed by atoms with Gasteiger partial charge >= 0.3 is 35.5 Å². The summed E-state index contributed by atoms with van der Waals surface area (Å²) in [6.45, 7) is 0. The standard InChI is InChI=1S/C19H14ClN5O6.Na/c20-12-5-10(25(29)30)6-16(18(12)26)24-23-15-8-17(14(22)7-13(15)21)31-11-3-1-9(2-4-11)19(27)28;/h1-8H,(H6,21,22,23,24,26,27,28);/q;+1/p-1. The fourth-order valence-corrected chi connectivity index (χ4v) is 2.62. The molecule has 0 aliphatic rings. The van der Waals surface area contributed by atoms with Crippen LogP contribution in [-0.2, 0) is 0 Å². The molecule has 0 unspecified atom stereocenters. The van der Waals surface area contributed by atoms with E-state index in [9.17, 15) is 20.0 Å². The molecule has 0 aliphatic carbocycles. The largest absolute Gasteiger partial charge is 1.00 e. The van der Waals surface area contributed by atoms with Crippen molar-refractivity contribution in [2.45, 2.75) is 0 Å². The molecule has 0 bridgehead atoms. The van der Waals surface area contributed by atoms with Crippen molar-refractivity contribution in [1.82, 2.24) is 0 Å². The molecule has 0 saturated carbocycles. The van der Waals surface area contributed by atoms with E-state index in [-0.39, 0.29) is 68.6 Å². The van der Waals surface area contributed by atoms with Crippen molar-refractivity contribution in [3.05, 3.63) is 75.0 Å². The Hall–Kier alpha value is -3.38. The van der Waals surface area contributed by atoms with Gasteiger partial charge in [-0.1, -0.05) is 11.6 Å². The van der Waals surface area contributed by atoms with Gasteiger partial charge in [0.15, 0.2) is 11.5 Å². The van der Waals surface area contributed by atoms with Gasteiger partial charge in [0.2, 0.25) is 0 Å². The number of nitrogen functional groups attached to an aromatic ring is 1. The van der Waals surface area contributed by atoms with Gasteiger partial charge in [-0.15, -0.1) is 10.8 Å². The fourth-order valence-electron chi connectivity index (χ4n) is 2.41. The van der Waals surface area contributed by atoms with Gasteiger partial charge in [0.05, 0.1) is 26.9 Å². The number of nitro groups is 1. The molecule has 0 atom stereocenters. The van der Waals surface area contributed by atoms with Crippen molar-refractivity contribution >= 4 is 46.0 Å². The minimum absolute atomic E-state index is 0. The maximum Gasteiger partial charge on any atom is 1.00 e. The van der Waals surface area contributed by atoms with Crippen LogP contribution in [0.4, 0.5) is 28.4 Å². The number of carbonyl (C=O) groups is 1. The van der Waals surface area contributed by atoms with Crippen molar-refractivity contribution in [1.29, 1.82) is 0 Å². The first-order chi connectivity index (χ1) is 14.7. The Morgan fingerprint density at radius 2 is 1.75 bits per heavy atom. The second-order valence-corrected chi connectivity index (χ2v) is 6.50. The Balaban J connectivity index is 0.00000363. The number of benzene rings is 3. The number of non-ortho nitro benzene ring substituents is 1. The third-order valence-electron chi connectivity index (χ3n) is 3.96. The molecule has 0 aliphatic heterocycles. The predicted octanol–water partition coefficient (Wildman–Crippen LogP) is 3.13. The molecule has 32 heavy (non-hydrogen) atoms. The Bertz CT molecular complexity index is 1220. The van der Waals surface area contributed by atoms with Crippen LogP contribution in [0.5, 0.6) is 17.2 Å². The smallest absolute Gasteiger partial charge is 0.697 e. The summed E-state index contributed by atoms with van der Waals surface area (Å²) in [5.41, 5.74) is 13.3. The molecule has 0 amide bonds. The van der Waals surface area contributed by atoms with Gasteiger partial charge < -0.3 is 26.4 Å². The minimum atomic E-state index is -1.09. The van der Waals surface area contributed by atoms with E-state index in [1.54, 1.807) is 0 Å². The number of nitrogens with zero attached hydrogens (tertiary/aromatic N) is 3. The van der Waals surface area contributed by atoms with Gasteiger partial charge in [-0.2, -0.15) is 5.11 Å². The van der Waals surface area contributed by atoms with E-state index in [0.29, 0.717) is 5.75 Å². The van der Waals surface area contributed by atoms with Gasteiger partial charge in [-0.05, 0) is 30.3 Å². The monoisotopic (exact) mass is 465 g/mol. The summed E-state index contributed by atoms with van der Waals surface area (Å²) in [5.74, 6) is -1.18. The van der Waals surface area contributed by atoms with Crippen molar-refractivity contribution < 1.29 is 54.2 Å². The summed E-state index contributed by atoms with van der Waals surface area (Å²) in [6.07, 6.45) is 0. The van der Waals surface area contributed by atoms with Crippen LogP contribution in [0, 0.1) is 10.1 Å². The molecule has 3 aromatic rings. The van der Waals surface area contributed by atoms with E-state index in [1.165, 1.54) is 36.4 Å². The number of anilines is 1. The SMILES string of the molecule is [NH-]c1cc(N)c(Oc2ccc(C(=O)O)cc2)cc1N=Nc1cc([N+](=O)[O-])cc(Cl)c1O.[Na+]. The van der Waals surface area contributed by atoms with E-state index in [0.717, 1.165) is 12.1 Å². The second kappa shape index (κ2) is 10.3. The zero-order valence-electron chi connectivity index (χ0n) is 16.4. The van der Waals surface area contributed by atoms with Gasteiger partial charge in [-0.3, -0.25) is 10.1 Å². The van der Waals surface area contributed by atoms with E-state index in [4.69, 9.17) is 32.9 Å². The van der Waals surface area contributed by atoms with E-state index < -0.39 is 22.3 Å². The summed E-state index contributed by atoms with van der Waals surface area (Å²) in [5, 5.41) is 37.2. The van der Waals surface area contributed by atoms with Crippen LogP contribution in [0.1, 0.15) is 10.4 Å². The Morgan fingerprint density at radius 3 is 2.34 bits per heavy atom. The molecule has 0 fully saturated rings. The number of aromatic hydroxyl groups is 1. The average Bonchev–Trinajstić information content (AvgIpc) is 2.72. The summed E-state index contributed by atoms with van der Waals surface area (Å²) >= 11 is 5.78. The summed E-state index contributed by atoms with van der Waals surface area (Å²) in [7, 11) is 0. The van der Waals surface area contributed by atoms with Crippen LogP contribution in [0.3, 0.4) is 0 Å². The first kappa shape index (κ1) is 24.9. The minimum Gasteiger partial charge on any atom is -0.697 e. The number of ether oxygens (including phenoxy) is 1. The number of carboxylic acid groups (broad SMARTS) is 1. The van der Waals surface area contributed by atoms with Crippen molar-refractivity contribution in [2.75, 3.05) is 5.73 Å². The molecule has 5 N–H and O–H groups in total. The molecular formula is C19H13ClN5NaO6. The third kappa shape index (κ3) is 5.65. The van der Waals surface area contributed by atoms with Gasteiger partial charge in [-0.25, -0.2) is 4.79 Å². The van der Waals surface area contributed by atoms with Crippen LogP contribution in [-0.4, -0.2) is 21.1 Å². The number of nitrogens with one attached hydrogen (secondary N) is 1. The number of nitro benzene ring substituents is 1. The number of hydrogen-bond donors (Lipinski definition) is 3. The van der Waals surface area contributed by atoms with E-state index in [2.05, 4.69) is 10.2 Å². The molecule has 0 heterocycles. The predicted molar refractivity (Wildman–Crippen MR) is 112 cm³/mol. The number of hydrogen-bond acceptors (Lipinski definition) is 8. The molecule has 0 radical (unpaired) electrons. The second-order valence-electron chi connectivity index (χ2n) is 6.09. The van der Waals surface area contributed by atoms with Crippen molar-refractivity contribution in [3.8, 4) is 17.2 Å². The maximum atomic E-state index is 11.0. The maximum absolute atomic E-state index is 11.0. The molecule has 158 valence electrons. The van der Waals surface area contributed by atoms with Crippen LogP contribution in [0.2, 0.25) is 5.02 Å². The Morgan fingerprint density at radius 1 is 1.12 bits per heavy atom. The Labute approximate surface area is 207 Å². The molecule has 0 spiro atoms. The van der Waals surface area contributed by atoms with Crippen molar-refractivity contribution in [2.24, 2.45) is 10.2 Å². The number of phenolic OH excluding ortho intramolecular Hbond substituents is 1. The van der Waals surface area contributed by atoms with Crippen LogP contribution >= 0.6 is 11.6 Å². The number of aromatic carboxylic acids is 1. The molecule has 0 aromatic heterocycles. The van der Waals surface area contributed by atoms with Crippen LogP contribution < -0.4 is 40.0 Å². The molecule has 13 heteroatoms. The molecule has 11 nitrogen and oxygen atoms in total. The number of halogens is 1. The summed E-state index contributed by atoms with van der Waals surface area (Å²) in [4.78, 5) is 21.2. The Kier molecular flexibility index (Phi) is 8.00. The molecule has 0 saturated heterocycles. The fraction of sp³-hybridized carbons (Fsp3) is 0. The molecule has 3 aromatic carbocycles. The number of azo groups is 1. The number of rotatable bonds is 6. The van der Waals surface area contributed by atoms with Crippen molar-refractivity contribution in [3.63, 3.8) is 0 Å². The van der Waals surface area contributed by atoms with Crippen LogP contribution in [0.25, 0.3) is 5.73 Å². The number of carboxylic acids is 1. The van der Waals surface area contributed by atoms with E-state index in [1.807, 2.05) is 0 Å². The topological polar surface area (TPSA) is 184 Å². The normalized spacial score (nSPS) is 10.5. The van der Waals surface area contributed by atoms with Gasteiger partial charge in [0.25, 0.3) is 5.69 Å². The van der Waals surface area contributed by atoms with Gasteiger partial charge in [0.1, 0.15) is 11.4 Å². The average molecular weight is 466 g/mol.